The number of ether oxygens (including phenoxy) is 1. The van der Waals surface area contributed by atoms with Gasteiger partial charge in [0.2, 0.25) is 0 Å². The average molecular weight is 306 g/mol. The molecule has 0 saturated heterocycles. The highest BCUT2D eigenvalue weighted by Crippen LogP contribution is 2.20. The minimum absolute atomic E-state index is 0.146. The molecule has 2 N–H and O–H groups in total. The van der Waals surface area contributed by atoms with Gasteiger partial charge in [0.1, 0.15) is 5.60 Å². The molecule has 2 rings (SSSR count). The molecule has 1 aromatic carbocycles. The highest BCUT2D eigenvalue weighted by atomic mass is 16.6. The molecule has 122 valence electrons. The summed E-state index contributed by atoms with van der Waals surface area (Å²) in [5, 5.41) is 2.92. The molecule has 5 nitrogen and oxygen atoms in total. The molecule has 0 aromatic heterocycles. The van der Waals surface area contributed by atoms with Gasteiger partial charge in [-0.25, -0.2) is 4.79 Å². The summed E-state index contributed by atoms with van der Waals surface area (Å²) in [5.74, 6) is 0. The van der Waals surface area contributed by atoms with E-state index in [1.54, 1.807) is 0 Å². The molecule has 0 heterocycles. The normalized spacial score (nSPS) is 21.6. The number of hydrogen-bond acceptors (Lipinski definition) is 4. The van der Waals surface area contributed by atoms with E-state index in [-0.39, 0.29) is 18.2 Å². The van der Waals surface area contributed by atoms with E-state index in [1.807, 2.05) is 51.1 Å². The predicted octanol–water partition coefficient (Wildman–Crippen LogP) is 3.15. The van der Waals surface area contributed by atoms with Gasteiger partial charge in [0, 0.05) is 12.1 Å². The fourth-order valence-corrected chi connectivity index (χ4v) is 2.51. The molecule has 0 aliphatic heterocycles. The van der Waals surface area contributed by atoms with Gasteiger partial charge in [-0.05, 0) is 45.6 Å². The fourth-order valence-electron chi connectivity index (χ4n) is 2.51. The SMILES string of the molecule is CC(C)(C)OC(=O)NC1CCC(NOCc2ccccc2)C1. The molecule has 2 unspecified atom stereocenters. The molecule has 0 spiro atoms. The van der Waals surface area contributed by atoms with Gasteiger partial charge in [0.05, 0.1) is 6.61 Å². The van der Waals surface area contributed by atoms with Crippen LogP contribution in [-0.2, 0) is 16.2 Å². The maximum absolute atomic E-state index is 11.7. The molecule has 2 atom stereocenters. The number of hydrogen-bond donors (Lipinski definition) is 2. The zero-order valence-electron chi connectivity index (χ0n) is 13.6. The first-order valence-electron chi connectivity index (χ1n) is 7.83. The predicted molar refractivity (Wildman–Crippen MR) is 85.2 cm³/mol. The van der Waals surface area contributed by atoms with Crippen molar-refractivity contribution in [3.63, 3.8) is 0 Å². The third-order valence-corrected chi connectivity index (χ3v) is 3.49. The Morgan fingerprint density at radius 2 is 1.86 bits per heavy atom. The number of carbonyl (C=O) groups excluding carboxylic acids is 1. The minimum Gasteiger partial charge on any atom is -0.444 e. The van der Waals surface area contributed by atoms with Crippen molar-refractivity contribution in [2.45, 2.75) is 64.3 Å². The molecular weight excluding hydrogens is 280 g/mol. The monoisotopic (exact) mass is 306 g/mol. The van der Waals surface area contributed by atoms with E-state index in [1.165, 1.54) is 0 Å². The number of alkyl carbamates (subject to hydrolysis) is 1. The van der Waals surface area contributed by atoms with Gasteiger partial charge in [-0.15, -0.1) is 0 Å². The van der Waals surface area contributed by atoms with Crippen molar-refractivity contribution in [2.75, 3.05) is 0 Å². The van der Waals surface area contributed by atoms with E-state index in [4.69, 9.17) is 9.57 Å². The van der Waals surface area contributed by atoms with Crippen LogP contribution in [0, 0.1) is 0 Å². The van der Waals surface area contributed by atoms with Crippen molar-refractivity contribution in [3.8, 4) is 0 Å². The first kappa shape index (κ1) is 16.8. The van der Waals surface area contributed by atoms with Crippen LogP contribution in [0.1, 0.15) is 45.6 Å². The minimum atomic E-state index is -0.459. The first-order chi connectivity index (χ1) is 10.4. The van der Waals surface area contributed by atoms with Gasteiger partial charge in [-0.1, -0.05) is 30.3 Å². The van der Waals surface area contributed by atoms with Gasteiger partial charge < -0.3 is 10.1 Å². The maximum atomic E-state index is 11.7. The van der Waals surface area contributed by atoms with Crippen molar-refractivity contribution in [3.05, 3.63) is 35.9 Å². The van der Waals surface area contributed by atoms with Gasteiger partial charge in [0.15, 0.2) is 0 Å². The molecule has 5 heteroatoms. The second-order valence-corrected chi connectivity index (χ2v) is 6.75. The van der Waals surface area contributed by atoms with Crippen LogP contribution in [0.25, 0.3) is 0 Å². The Morgan fingerprint density at radius 3 is 2.55 bits per heavy atom. The molecule has 0 radical (unpaired) electrons. The fraction of sp³-hybridized carbons (Fsp3) is 0.588. The quantitative estimate of drug-likeness (QED) is 0.820. The highest BCUT2D eigenvalue weighted by Gasteiger charge is 2.27. The molecular formula is C17H26N2O3. The topological polar surface area (TPSA) is 59.6 Å². The summed E-state index contributed by atoms with van der Waals surface area (Å²) in [5.41, 5.74) is 3.77. The molecule has 1 fully saturated rings. The van der Waals surface area contributed by atoms with Crippen molar-refractivity contribution in [1.29, 1.82) is 0 Å². The Morgan fingerprint density at radius 1 is 1.18 bits per heavy atom. The average Bonchev–Trinajstić information content (AvgIpc) is 2.85. The lowest BCUT2D eigenvalue weighted by molar-refractivity contribution is 0.00439. The number of nitrogens with one attached hydrogen (secondary N) is 2. The van der Waals surface area contributed by atoms with E-state index >= 15 is 0 Å². The van der Waals surface area contributed by atoms with Crippen LogP contribution in [-0.4, -0.2) is 23.8 Å². The summed E-state index contributed by atoms with van der Waals surface area (Å²) in [4.78, 5) is 17.3. The van der Waals surface area contributed by atoms with Crippen LogP contribution in [0.5, 0.6) is 0 Å². The molecule has 22 heavy (non-hydrogen) atoms. The van der Waals surface area contributed by atoms with Gasteiger partial charge in [-0.2, -0.15) is 5.48 Å². The van der Waals surface area contributed by atoms with E-state index < -0.39 is 5.60 Å². The summed E-state index contributed by atoms with van der Waals surface area (Å²) in [7, 11) is 0. The van der Waals surface area contributed by atoms with Crippen LogP contribution in [0.2, 0.25) is 0 Å². The maximum Gasteiger partial charge on any atom is 0.407 e. The Hall–Kier alpha value is -1.59. The summed E-state index contributed by atoms with van der Waals surface area (Å²) in [6.07, 6.45) is 2.43. The van der Waals surface area contributed by atoms with Gasteiger partial charge in [0.25, 0.3) is 0 Å². The molecule has 1 aliphatic rings. The Labute approximate surface area is 132 Å². The molecule has 1 saturated carbocycles. The summed E-state index contributed by atoms with van der Waals surface area (Å²) in [6, 6.07) is 10.5. The van der Waals surface area contributed by atoms with E-state index in [0.29, 0.717) is 6.61 Å². The van der Waals surface area contributed by atoms with Crippen LogP contribution in [0.3, 0.4) is 0 Å². The number of hydroxylamine groups is 1. The molecule has 1 amide bonds. The molecule has 0 bridgehead atoms. The zero-order chi connectivity index (χ0) is 16.0. The second-order valence-electron chi connectivity index (χ2n) is 6.75. The van der Waals surface area contributed by atoms with Crippen molar-refractivity contribution in [2.24, 2.45) is 0 Å². The summed E-state index contributed by atoms with van der Waals surface area (Å²) >= 11 is 0. The molecule has 1 aliphatic carbocycles. The number of rotatable bonds is 5. The van der Waals surface area contributed by atoms with Crippen LogP contribution < -0.4 is 10.8 Å². The smallest absolute Gasteiger partial charge is 0.407 e. The lowest BCUT2D eigenvalue weighted by Crippen LogP contribution is -2.39. The highest BCUT2D eigenvalue weighted by molar-refractivity contribution is 5.68. The van der Waals surface area contributed by atoms with Gasteiger partial charge >= 0.3 is 6.09 Å². The van der Waals surface area contributed by atoms with Crippen LogP contribution in [0.15, 0.2) is 30.3 Å². The Kier molecular flexibility index (Phi) is 5.80. The second kappa shape index (κ2) is 7.61. The van der Waals surface area contributed by atoms with Crippen molar-refractivity contribution < 1.29 is 14.4 Å². The van der Waals surface area contributed by atoms with Crippen molar-refractivity contribution in [1.82, 2.24) is 10.8 Å². The van der Waals surface area contributed by atoms with Gasteiger partial charge in [-0.3, -0.25) is 4.84 Å². The van der Waals surface area contributed by atoms with Crippen LogP contribution >= 0.6 is 0 Å². The van der Waals surface area contributed by atoms with Crippen LogP contribution in [0.4, 0.5) is 4.79 Å². The van der Waals surface area contributed by atoms with E-state index in [9.17, 15) is 4.79 Å². The lowest BCUT2D eigenvalue weighted by Gasteiger charge is -2.21. The zero-order valence-corrected chi connectivity index (χ0v) is 13.6. The number of carbonyl (C=O) groups is 1. The lowest BCUT2D eigenvalue weighted by atomic mass is 10.2. The summed E-state index contributed by atoms with van der Waals surface area (Å²) < 4.78 is 5.27. The van der Waals surface area contributed by atoms with Crippen molar-refractivity contribution >= 4 is 6.09 Å². The standard InChI is InChI=1S/C17H26N2O3/c1-17(2,3)22-16(20)18-14-9-10-15(11-14)19-21-12-13-7-5-4-6-8-13/h4-8,14-15,19H,9-12H2,1-3H3,(H,18,20). The number of benzene rings is 1. The number of amides is 1. The van der Waals surface area contributed by atoms with E-state index in [0.717, 1.165) is 24.8 Å². The third kappa shape index (κ3) is 6.03. The Bertz CT molecular complexity index is 471. The Balaban J connectivity index is 1.64. The largest absolute Gasteiger partial charge is 0.444 e. The molecule has 1 aromatic rings. The van der Waals surface area contributed by atoms with E-state index in [2.05, 4.69) is 10.8 Å². The first-order valence-corrected chi connectivity index (χ1v) is 7.83. The summed E-state index contributed by atoms with van der Waals surface area (Å²) in [6.45, 7) is 6.14. The third-order valence-electron chi connectivity index (χ3n) is 3.49.